The average Bonchev–Trinajstić information content (AvgIpc) is 2.36. The predicted molar refractivity (Wildman–Crippen MR) is 43.6 cm³/mol. The van der Waals surface area contributed by atoms with Gasteiger partial charge in [0.1, 0.15) is 0 Å². The molecule has 12 heavy (non-hydrogen) atoms. The summed E-state index contributed by atoms with van der Waals surface area (Å²) in [5.41, 5.74) is 8.55. The van der Waals surface area contributed by atoms with Crippen molar-refractivity contribution in [2.75, 3.05) is 0 Å². The quantitative estimate of drug-likeness (QED) is 0.417. The number of hydrogen-bond donors (Lipinski definition) is 3. The van der Waals surface area contributed by atoms with Crippen LogP contribution in [0.4, 0.5) is 4.79 Å². The number of aryl methyl sites for hydroxylation is 1. The zero-order valence-electron chi connectivity index (χ0n) is 6.53. The van der Waals surface area contributed by atoms with E-state index in [1.54, 1.807) is 6.20 Å². The fourth-order valence-corrected chi connectivity index (χ4v) is 0.656. The maximum Gasteiger partial charge on any atom is 0.332 e. The molecule has 6 heteroatoms. The highest BCUT2D eigenvalue weighted by molar-refractivity contribution is 5.82. The van der Waals surface area contributed by atoms with E-state index < -0.39 is 6.03 Å². The SMILES string of the molecule is Cc1[nH]ncc1/C=N/NC(N)=O. The highest BCUT2D eigenvalue weighted by Crippen LogP contribution is 1.96. The van der Waals surface area contributed by atoms with Crippen molar-refractivity contribution in [1.82, 2.24) is 15.6 Å². The molecule has 0 aliphatic rings. The van der Waals surface area contributed by atoms with Crippen molar-refractivity contribution in [2.45, 2.75) is 6.92 Å². The van der Waals surface area contributed by atoms with Crippen LogP contribution in [0, 0.1) is 6.92 Å². The Bertz CT molecular complexity index is 303. The molecule has 0 unspecified atom stereocenters. The normalized spacial score (nSPS) is 10.4. The molecule has 0 bridgehead atoms. The van der Waals surface area contributed by atoms with Gasteiger partial charge in [0.2, 0.25) is 0 Å². The Kier molecular flexibility index (Phi) is 2.42. The molecule has 6 nitrogen and oxygen atoms in total. The number of hydrogen-bond acceptors (Lipinski definition) is 3. The maximum atomic E-state index is 10.2. The number of urea groups is 1. The minimum absolute atomic E-state index is 0.688. The summed E-state index contributed by atoms with van der Waals surface area (Å²) in [5, 5.41) is 10.0. The van der Waals surface area contributed by atoms with E-state index in [1.165, 1.54) is 6.21 Å². The second-order valence-electron chi connectivity index (χ2n) is 2.18. The molecule has 1 heterocycles. The first-order chi connectivity index (χ1) is 5.70. The number of aromatic amines is 1. The van der Waals surface area contributed by atoms with Crippen molar-refractivity contribution in [2.24, 2.45) is 10.8 Å². The second-order valence-corrected chi connectivity index (χ2v) is 2.18. The molecule has 0 saturated carbocycles. The van der Waals surface area contributed by atoms with Gasteiger partial charge >= 0.3 is 6.03 Å². The molecule has 0 spiro atoms. The van der Waals surface area contributed by atoms with Crippen molar-refractivity contribution < 1.29 is 4.79 Å². The van der Waals surface area contributed by atoms with Crippen LogP contribution >= 0.6 is 0 Å². The van der Waals surface area contributed by atoms with Crippen molar-refractivity contribution in [3.63, 3.8) is 0 Å². The van der Waals surface area contributed by atoms with E-state index in [0.29, 0.717) is 0 Å². The van der Waals surface area contributed by atoms with Crippen LogP contribution in [-0.4, -0.2) is 22.4 Å². The summed E-state index contributed by atoms with van der Waals surface area (Å²) < 4.78 is 0. The third-order valence-corrected chi connectivity index (χ3v) is 1.25. The van der Waals surface area contributed by atoms with Gasteiger partial charge < -0.3 is 5.73 Å². The third-order valence-electron chi connectivity index (χ3n) is 1.25. The Labute approximate surface area is 68.8 Å². The number of carbonyl (C=O) groups is 1. The van der Waals surface area contributed by atoms with E-state index in [0.717, 1.165) is 11.3 Å². The highest BCUT2D eigenvalue weighted by Gasteiger charge is 1.94. The fraction of sp³-hybridized carbons (Fsp3) is 0.167. The third kappa shape index (κ3) is 2.08. The molecule has 0 saturated heterocycles. The number of amides is 2. The molecule has 0 aliphatic carbocycles. The van der Waals surface area contributed by atoms with Crippen LogP contribution < -0.4 is 11.2 Å². The van der Waals surface area contributed by atoms with Crippen LogP contribution in [0.3, 0.4) is 0 Å². The standard InChI is InChI=1S/C6H9N5O/c1-4-5(2-8-10-4)3-9-11-6(7)12/h2-3H,1H3,(H,8,10)(H3,7,11,12)/b9-3+. The summed E-state index contributed by atoms with van der Waals surface area (Å²) in [6.07, 6.45) is 3.06. The summed E-state index contributed by atoms with van der Waals surface area (Å²) in [7, 11) is 0. The number of nitrogens with two attached hydrogens (primary N) is 1. The zero-order valence-corrected chi connectivity index (χ0v) is 6.53. The monoisotopic (exact) mass is 167 g/mol. The summed E-state index contributed by atoms with van der Waals surface area (Å²) in [4.78, 5) is 10.2. The van der Waals surface area contributed by atoms with E-state index in [2.05, 4.69) is 20.7 Å². The molecule has 0 aromatic carbocycles. The Morgan fingerprint density at radius 2 is 2.67 bits per heavy atom. The van der Waals surface area contributed by atoms with Gasteiger partial charge in [-0.05, 0) is 6.92 Å². The van der Waals surface area contributed by atoms with Crippen LogP contribution in [0.1, 0.15) is 11.3 Å². The van der Waals surface area contributed by atoms with Crippen molar-refractivity contribution in [3.8, 4) is 0 Å². The predicted octanol–water partition coefficient (Wildman–Crippen LogP) is -0.280. The first-order valence-corrected chi connectivity index (χ1v) is 3.28. The first-order valence-electron chi connectivity index (χ1n) is 3.28. The molecule has 1 rings (SSSR count). The Balaban J connectivity index is 2.57. The summed E-state index contributed by atoms with van der Waals surface area (Å²) in [6, 6.07) is -0.688. The minimum Gasteiger partial charge on any atom is -0.350 e. The molecule has 0 atom stereocenters. The molecule has 0 aliphatic heterocycles. The second kappa shape index (κ2) is 3.51. The van der Waals surface area contributed by atoms with E-state index >= 15 is 0 Å². The molecule has 1 aromatic rings. The Hall–Kier alpha value is -1.85. The molecule has 0 fully saturated rings. The molecule has 1 aromatic heterocycles. The number of nitrogens with zero attached hydrogens (tertiary/aromatic N) is 2. The van der Waals surface area contributed by atoms with Gasteiger partial charge in [-0.3, -0.25) is 5.10 Å². The zero-order chi connectivity index (χ0) is 8.97. The number of hydrazone groups is 1. The first kappa shape index (κ1) is 8.25. The molecular formula is C6H9N5O. The van der Waals surface area contributed by atoms with Gasteiger partial charge in [0.25, 0.3) is 0 Å². The van der Waals surface area contributed by atoms with E-state index in [9.17, 15) is 4.79 Å². The van der Waals surface area contributed by atoms with Crippen LogP contribution in [0.15, 0.2) is 11.3 Å². The largest absolute Gasteiger partial charge is 0.350 e. The lowest BCUT2D eigenvalue weighted by Crippen LogP contribution is -2.24. The van der Waals surface area contributed by atoms with Gasteiger partial charge in [0.15, 0.2) is 0 Å². The topological polar surface area (TPSA) is 96.2 Å². The summed E-state index contributed by atoms with van der Waals surface area (Å²) in [5.74, 6) is 0. The van der Waals surface area contributed by atoms with Gasteiger partial charge in [-0.25, -0.2) is 10.2 Å². The lowest BCUT2D eigenvalue weighted by Gasteiger charge is -1.89. The maximum absolute atomic E-state index is 10.2. The molecule has 64 valence electrons. The van der Waals surface area contributed by atoms with Crippen LogP contribution in [-0.2, 0) is 0 Å². The Morgan fingerprint density at radius 1 is 1.92 bits per heavy atom. The van der Waals surface area contributed by atoms with Crippen LogP contribution in [0.25, 0.3) is 0 Å². The van der Waals surface area contributed by atoms with Gasteiger partial charge in [0.05, 0.1) is 12.4 Å². The average molecular weight is 167 g/mol. The van der Waals surface area contributed by atoms with E-state index in [1.807, 2.05) is 6.92 Å². The molecule has 4 N–H and O–H groups in total. The lowest BCUT2D eigenvalue weighted by atomic mass is 10.3. The Morgan fingerprint density at radius 3 is 3.17 bits per heavy atom. The van der Waals surface area contributed by atoms with Crippen molar-refractivity contribution >= 4 is 12.2 Å². The summed E-state index contributed by atoms with van der Waals surface area (Å²) in [6.45, 7) is 1.85. The molecular weight excluding hydrogens is 158 g/mol. The summed E-state index contributed by atoms with van der Waals surface area (Å²) >= 11 is 0. The van der Waals surface area contributed by atoms with Gasteiger partial charge in [0, 0.05) is 11.3 Å². The number of rotatable bonds is 2. The number of primary amides is 1. The molecule has 0 radical (unpaired) electrons. The minimum atomic E-state index is -0.688. The fourth-order valence-electron chi connectivity index (χ4n) is 0.656. The number of nitrogens with one attached hydrogen (secondary N) is 2. The van der Waals surface area contributed by atoms with Gasteiger partial charge in [-0.2, -0.15) is 10.2 Å². The lowest BCUT2D eigenvalue weighted by molar-refractivity contribution is 0.249. The smallest absolute Gasteiger partial charge is 0.332 e. The van der Waals surface area contributed by atoms with Crippen LogP contribution in [0.5, 0.6) is 0 Å². The highest BCUT2D eigenvalue weighted by atomic mass is 16.2. The van der Waals surface area contributed by atoms with Gasteiger partial charge in [-0.1, -0.05) is 0 Å². The van der Waals surface area contributed by atoms with E-state index in [4.69, 9.17) is 5.73 Å². The van der Waals surface area contributed by atoms with Crippen molar-refractivity contribution in [3.05, 3.63) is 17.5 Å². The number of carbonyl (C=O) groups excluding carboxylic acids is 1. The van der Waals surface area contributed by atoms with Crippen LogP contribution in [0.2, 0.25) is 0 Å². The van der Waals surface area contributed by atoms with Gasteiger partial charge in [-0.15, -0.1) is 0 Å². The van der Waals surface area contributed by atoms with Crippen molar-refractivity contribution in [1.29, 1.82) is 0 Å². The van der Waals surface area contributed by atoms with E-state index in [-0.39, 0.29) is 0 Å². The molecule has 2 amide bonds. The number of H-pyrrole nitrogens is 1. The number of aromatic nitrogens is 2.